The first-order valence-corrected chi connectivity index (χ1v) is 4.38. The summed E-state index contributed by atoms with van der Waals surface area (Å²) in [6, 6.07) is 2.56. The molecule has 0 bridgehead atoms. The molecule has 1 aromatic heterocycles. The Balaban J connectivity index is 2.60. The molecule has 0 atom stereocenters. The summed E-state index contributed by atoms with van der Waals surface area (Å²) in [5.74, 6) is -5.01. The molecule has 0 spiro atoms. The van der Waals surface area contributed by atoms with Gasteiger partial charge in [-0.1, -0.05) is 5.16 Å². The highest BCUT2D eigenvalue weighted by Crippen LogP contribution is 2.32. The van der Waals surface area contributed by atoms with Gasteiger partial charge in [0.1, 0.15) is 11.4 Å². The third-order valence-corrected chi connectivity index (χ3v) is 2.05. The van der Waals surface area contributed by atoms with Crippen molar-refractivity contribution in [2.75, 3.05) is 0 Å². The number of aromatic hydroxyl groups is 1. The molecule has 5 nitrogen and oxygen atoms in total. The SMILES string of the molecule is O=C(O)c1cc(-c2c(O)ccc(F)c2F)no1. The number of carboxylic acid groups (broad SMARTS) is 1. The van der Waals surface area contributed by atoms with Gasteiger partial charge in [-0.3, -0.25) is 0 Å². The third-order valence-electron chi connectivity index (χ3n) is 2.05. The zero-order valence-corrected chi connectivity index (χ0v) is 8.15. The van der Waals surface area contributed by atoms with Gasteiger partial charge in [0, 0.05) is 6.07 Å². The average Bonchev–Trinajstić information content (AvgIpc) is 2.73. The van der Waals surface area contributed by atoms with Crippen LogP contribution in [0.15, 0.2) is 22.7 Å². The van der Waals surface area contributed by atoms with Crippen molar-refractivity contribution in [2.24, 2.45) is 0 Å². The summed E-state index contributed by atoms with van der Waals surface area (Å²) in [6.45, 7) is 0. The van der Waals surface area contributed by atoms with E-state index in [4.69, 9.17) is 5.11 Å². The minimum Gasteiger partial charge on any atom is -0.507 e. The minimum absolute atomic E-state index is 0.295. The number of halogens is 2. The number of phenolic OH excluding ortho intramolecular Hbond substituents is 1. The van der Waals surface area contributed by atoms with Gasteiger partial charge in [0.15, 0.2) is 11.6 Å². The molecule has 2 N–H and O–H groups in total. The Labute approximate surface area is 92.9 Å². The average molecular weight is 241 g/mol. The van der Waals surface area contributed by atoms with E-state index in [0.717, 1.165) is 18.2 Å². The minimum atomic E-state index is -1.40. The Hall–Kier alpha value is -2.44. The normalized spacial score (nSPS) is 10.5. The van der Waals surface area contributed by atoms with E-state index in [-0.39, 0.29) is 5.69 Å². The molecular formula is C10H5F2NO4. The summed E-state index contributed by atoms with van der Waals surface area (Å²) >= 11 is 0. The number of hydrogen-bond acceptors (Lipinski definition) is 4. The van der Waals surface area contributed by atoms with E-state index in [1.165, 1.54) is 0 Å². The van der Waals surface area contributed by atoms with Crippen LogP contribution in [0, 0.1) is 11.6 Å². The quantitative estimate of drug-likeness (QED) is 0.840. The van der Waals surface area contributed by atoms with Crippen LogP contribution in [0.3, 0.4) is 0 Å². The molecule has 1 aromatic carbocycles. The molecule has 2 aromatic rings. The Kier molecular flexibility index (Phi) is 2.51. The molecule has 0 unspecified atom stereocenters. The predicted octanol–water partition coefficient (Wildman–Crippen LogP) is 2.02. The third kappa shape index (κ3) is 1.82. The van der Waals surface area contributed by atoms with Crippen LogP contribution < -0.4 is 0 Å². The monoisotopic (exact) mass is 241 g/mol. The lowest BCUT2D eigenvalue weighted by Gasteiger charge is -2.02. The van der Waals surface area contributed by atoms with E-state index >= 15 is 0 Å². The summed E-state index contributed by atoms with van der Waals surface area (Å²) in [6.07, 6.45) is 0. The highest BCUT2D eigenvalue weighted by molar-refractivity contribution is 5.86. The number of carboxylic acids is 1. The fourth-order valence-corrected chi connectivity index (χ4v) is 1.28. The van der Waals surface area contributed by atoms with Crippen LogP contribution in [-0.4, -0.2) is 21.3 Å². The van der Waals surface area contributed by atoms with E-state index in [9.17, 15) is 18.7 Å². The van der Waals surface area contributed by atoms with Crippen molar-refractivity contribution in [2.45, 2.75) is 0 Å². The molecule has 0 radical (unpaired) electrons. The molecule has 7 heteroatoms. The molecule has 17 heavy (non-hydrogen) atoms. The number of rotatable bonds is 2. The van der Waals surface area contributed by atoms with Crippen molar-refractivity contribution in [3.63, 3.8) is 0 Å². The Morgan fingerprint density at radius 3 is 2.65 bits per heavy atom. The van der Waals surface area contributed by atoms with Crippen molar-refractivity contribution in [3.05, 3.63) is 35.6 Å². The number of nitrogens with zero attached hydrogens (tertiary/aromatic N) is 1. The van der Waals surface area contributed by atoms with Gasteiger partial charge in [0.05, 0.1) is 5.56 Å². The lowest BCUT2D eigenvalue weighted by Crippen LogP contribution is -1.92. The lowest BCUT2D eigenvalue weighted by molar-refractivity contribution is 0.0652. The van der Waals surface area contributed by atoms with E-state index in [0.29, 0.717) is 0 Å². The molecule has 0 aliphatic heterocycles. The van der Waals surface area contributed by atoms with Gasteiger partial charge < -0.3 is 14.7 Å². The Morgan fingerprint density at radius 2 is 2.06 bits per heavy atom. The van der Waals surface area contributed by atoms with Crippen molar-refractivity contribution in [1.29, 1.82) is 0 Å². The summed E-state index contributed by atoms with van der Waals surface area (Å²) in [7, 11) is 0. The molecule has 0 saturated heterocycles. The van der Waals surface area contributed by atoms with Crippen LogP contribution in [0.5, 0.6) is 5.75 Å². The van der Waals surface area contributed by atoms with Gasteiger partial charge in [-0.15, -0.1) is 0 Å². The number of benzene rings is 1. The zero-order valence-electron chi connectivity index (χ0n) is 8.15. The van der Waals surface area contributed by atoms with Crippen LogP contribution in [0.25, 0.3) is 11.3 Å². The zero-order chi connectivity index (χ0) is 12.6. The first kappa shape index (κ1) is 11.1. The number of aromatic nitrogens is 1. The topological polar surface area (TPSA) is 83.6 Å². The van der Waals surface area contributed by atoms with Gasteiger partial charge in [-0.05, 0) is 12.1 Å². The van der Waals surface area contributed by atoms with Gasteiger partial charge in [-0.2, -0.15) is 0 Å². The molecule has 1 heterocycles. The second-order valence-corrected chi connectivity index (χ2v) is 3.14. The van der Waals surface area contributed by atoms with Crippen LogP contribution in [-0.2, 0) is 0 Å². The van der Waals surface area contributed by atoms with Crippen molar-refractivity contribution in [3.8, 4) is 17.0 Å². The summed E-state index contributed by atoms with van der Waals surface area (Å²) in [5.41, 5.74) is -0.835. The van der Waals surface area contributed by atoms with Crippen LogP contribution >= 0.6 is 0 Å². The molecule has 0 amide bonds. The largest absolute Gasteiger partial charge is 0.507 e. The highest BCUT2D eigenvalue weighted by atomic mass is 19.2. The molecule has 0 aliphatic rings. The van der Waals surface area contributed by atoms with Crippen LogP contribution in [0.1, 0.15) is 10.6 Å². The standard InChI is InChI=1S/C10H5F2NO4/c11-4-1-2-6(14)8(9(4)12)5-3-7(10(15)16)17-13-5/h1-3,14H,(H,15,16). The maximum absolute atomic E-state index is 13.4. The number of hydrogen-bond donors (Lipinski definition) is 2. The maximum Gasteiger partial charge on any atom is 0.374 e. The smallest absolute Gasteiger partial charge is 0.374 e. The number of aromatic carboxylic acids is 1. The highest BCUT2D eigenvalue weighted by Gasteiger charge is 2.20. The van der Waals surface area contributed by atoms with E-state index in [2.05, 4.69) is 9.68 Å². The summed E-state index contributed by atoms with van der Waals surface area (Å²) in [5, 5.41) is 21.2. The Bertz CT molecular complexity index is 594. The molecule has 0 aliphatic carbocycles. The first-order valence-electron chi connectivity index (χ1n) is 4.38. The lowest BCUT2D eigenvalue weighted by atomic mass is 10.1. The number of phenols is 1. The van der Waals surface area contributed by atoms with E-state index in [1.807, 2.05) is 0 Å². The van der Waals surface area contributed by atoms with Crippen LogP contribution in [0.2, 0.25) is 0 Å². The second kappa shape index (κ2) is 3.85. The second-order valence-electron chi connectivity index (χ2n) is 3.14. The van der Waals surface area contributed by atoms with Crippen molar-refractivity contribution in [1.82, 2.24) is 5.16 Å². The van der Waals surface area contributed by atoms with Gasteiger partial charge in [-0.25, -0.2) is 13.6 Å². The maximum atomic E-state index is 13.4. The summed E-state index contributed by atoms with van der Waals surface area (Å²) < 4.78 is 30.7. The predicted molar refractivity (Wildman–Crippen MR) is 50.5 cm³/mol. The van der Waals surface area contributed by atoms with Gasteiger partial charge in [0.25, 0.3) is 0 Å². The number of carbonyl (C=O) groups is 1. The first-order chi connectivity index (χ1) is 8.00. The van der Waals surface area contributed by atoms with Crippen molar-refractivity contribution < 1.29 is 28.3 Å². The molecule has 0 saturated carbocycles. The Morgan fingerprint density at radius 1 is 1.35 bits per heavy atom. The summed E-state index contributed by atoms with van der Waals surface area (Å²) in [4.78, 5) is 10.5. The molecule has 88 valence electrons. The van der Waals surface area contributed by atoms with Gasteiger partial charge >= 0.3 is 5.97 Å². The van der Waals surface area contributed by atoms with E-state index in [1.54, 1.807) is 0 Å². The van der Waals surface area contributed by atoms with Crippen molar-refractivity contribution >= 4 is 5.97 Å². The van der Waals surface area contributed by atoms with Gasteiger partial charge in [0.2, 0.25) is 5.76 Å². The van der Waals surface area contributed by atoms with Crippen LogP contribution in [0.4, 0.5) is 8.78 Å². The fourth-order valence-electron chi connectivity index (χ4n) is 1.28. The van der Waals surface area contributed by atoms with E-state index < -0.39 is 34.7 Å². The fraction of sp³-hybridized carbons (Fsp3) is 0. The molecule has 0 fully saturated rings. The molecular weight excluding hydrogens is 236 g/mol. The molecule has 2 rings (SSSR count).